The molecule has 2 N–H and O–H groups in total. The third-order valence-electron chi connectivity index (χ3n) is 2.70. The summed E-state index contributed by atoms with van der Waals surface area (Å²) in [6.45, 7) is 6.72. The smallest absolute Gasteiger partial charge is 0.234 e. The van der Waals surface area contributed by atoms with Crippen LogP contribution in [-0.2, 0) is 0 Å². The highest BCUT2D eigenvalue weighted by molar-refractivity contribution is 5.37. The standard InChI is InChI=1S/C11H18N4O/c1-3-16-10-7-13-6-9(14-10)15-11(2)4-5-12-8-11/h6-7,12H,3-5,8H2,1-2H3,(H,14,15). The number of aromatic nitrogens is 2. The highest BCUT2D eigenvalue weighted by Crippen LogP contribution is 2.20. The van der Waals surface area contributed by atoms with Crippen LogP contribution < -0.4 is 15.4 Å². The minimum atomic E-state index is 0.0690. The van der Waals surface area contributed by atoms with E-state index in [2.05, 4.69) is 27.5 Å². The average Bonchev–Trinajstić information content (AvgIpc) is 2.66. The maximum absolute atomic E-state index is 5.31. The molecule has 2 rings (SSSR count). The fourth-order valence-electron chi connectivity index (χ4n) is 1.86. The molecule has 0 bridgehead atoms. The zero-order valence-corrected chi connectivity index (χ0v) is 9.79. The minimum Gasteiger partial charge on any atom is -0.477 e. The van der Waals surface area contributed by atoms with Crippen LogP contribution in [0.3, 0.4) is 0 Å². The lowest BCUT2D eigenvalue weighted by molar-refractivity contribution is 0.325. The average molecular weight is 222 g/mol. The third-order valence-corrected chi connectivity index (χ3v) is 2.70. The Kier molecular flexibility index (Phi) is 3.24. The summed E-state index contributed by atoms with van der Waals surface area (Å²) in [4.78, 5) is 8.45. The summed E-state index contributed by atoms with van der Waals surface area (Å²) in [5.41, 5.74) is 0.0690. The first kappa shape index (κ1) is 11.1. The summed E-state index contributed by atoms with van der Waals surface area (Å²) in [7, 11) is 0. The van der Waals surface area contributed by atoms with Gasteiger partial charge in [-0.2, -0.15) is 4.98 Å². The van der Waals surface area contributed by atoms with Gasteiger partial charge in [0.25, 0.3) is 0 Å². The second-order valence-corrected chi connectivity index (χ2v) is 4.29. The Morgan fingerprint density at radius 2 is 2.44 bits per heavy atom. The lowest BCUT2D eigenvalue weighted by Gasteiger charge is -2.24. The Labute approximate surface area is 95.6 Å². The number of hydrogen-bond acceptors (Lipinski definition) is 5. The van der Waals surface area contributed by atoms with Crippen LogP contribution >= 0.6 is 0 Å². The van der Waals surface area contributed by atoms with E-state index in [0.29, 0.717) is 12.5 Å². The van der Waals surface area contributed by atoms with E-state index >= 15 is 0 Å². The number of rotatable bonds is 4. The van der Waals surface area contributed by atoms with E-state index in [1.807, 2.05) is 6.92 Å². The van der Waals surface area contributed by atoms with Gasteiger partial charge in [-0.05, 0) is 26.8 Å². The molecule has 0 aromatic carbocycles. The van der Waals surface area contributed by atoms with Crippen LogP contribution in [0.15, 0.2) is 12.4 Å². The zero-order chi connectivity index (χ0) is 11.4. The van der Waals surface area contributed by atoms with Crippen molar-refractivity contribution < 1.29 is 4.74 Å². The van der Waals surface area contributed by atoms with E-state index in [1.54, 1.807) is 12.4 Å². The van der Waals surface area contributed by atoms with E-state index in [4.69, 9.17) is 4.74 Å². The first-order valence-corrected chi connectivity index (χ1v) is 5.66. The van der Waals surface area contributed by atoms with Crippen LogP contribution in [0.4, 0.5) is 5.82 Å². The van der Waals surface area contributed by atoms with Gasteiger partial charge in [0.05, 0.1) is 19.0 Å². The Hall–Kier alpha value is -1.36. The van der Waals surface area contributed by atoms with Crippen molar-refractivity contribution in [1.29, 1.82) is 0 Å². The van der Waals surface area contributed by atoms with E-state index in [1.165, 1.54) is 0 Å². The molecule has 1 aromatic heterocycles. The summed E-state index contributed by atoms with van der Waals surface area (Å²) in [5.74, 6) is 1.35. The van der Waals surface area contributed by atoms with Crippen molar-refractivity contribution in [2.24, 2.45) is 0 Å². The van der Waals surface area contributed by atoms with Crippen LogP contribution in [0.5, 0.6) is 5.88 Å². The normalized spacial score (nSPS) is 24.4. The van der Waals surface area contributed by atoms with Crippen LogP contribution in [0.1, 0.15) is 20.3 Å². The lowest BCUT2D eigenvalue weighted by Crippen LogP contribution is -2.37. The molecule has 1 unspecified atom stereocenters. The van der Waals surface area contributed by atoms with Gasteiger partial charge in [0, 0.05) is 12.1 Å². The fourth-order valence-corrected chi connectivity index (χ4v) is 1.86. The summed E-state index contributed by atoms with van der Waals surface area (Å²) in [5, 5.41) is 6.73. The molecule has 1 saturated heterocycles. The van der Waals surface area contributed by atoms with Gasteiger partial charge in [0.15, 0.2) is 0 Å². The predicted molar refractivity (Wildman–Crippen MR) is 62.7 cm³/mol. The molecular formula is C11H18N4O. The van der Waals surface area contributed by atoms with Gasteiger partial charge in [-0.25, -0.2) is 0 Å². The van der Waals surface area contributed by atoms with Gasteiger partial charge in [-0.15, -0.1) is 0 Å². The van der Waals surface area contributed by atoms with Crippen LogP contribution in [-0.4, -0.2) is 35.2 Å². The molecule has 1 atom stereocenters. The van der Waals surface area contributed by atoms with E-state index in [9.17, 15) is 0 Å². The molecule has 0 spiro atoms. The topological polar surface area (TPSA) is 59.1 Å². The monoisotopic (exact) mass is 222 g/mol. The molecule has 5 heteroatoms. The van der Waals surface area contributed by atoms with Crippen molar-refractivity contribution >= 4 is 5.82 Å². The summed E-state index contributed by atoms with van der Waals surface area (Å²) < 4.78 is 5.31. The molecule has 5 nitrogen and oxygen atoms in total. The van der Waals surface area contributed by atoms with E-state index in [-0.39, 0.29) is 5.54 Å². The second-order valence-electron chi connectivity index (χ2n) is 4.29. The highest BCUT2D eigenvalue weighted by atomic mass is 16.5. The van der Waals surface area contributed by atoms with Gasteiger partial charge < -0.3 is 15.4 Å². The van der Waals surface area contributed by atoms with Crippen molar-refractivity contribution in [3.8, 4) is 5.88 Å². The van der Waals surface area contributed by atoms with Crippen molar-refractivity contribution in [3.05, 3.63) is 12.4 Å². The summed E-state index contributed by atoms with van der Waals surface area (Å²) >= 11 is 0. The minimum absolute atomic E-state index is 0.0690. The lowest BCUT2D eigenvalue weighted by atomic mass is 10.0. The molecule has 1 aliphatic rings. The second kappa shape index (κ2) is 4.65. The molecule has 1 fully saturated rings. The molecule has 1 aromatic rings. The largest absolute Gasteiger partial charge is 0.477 e. The van der Waals surface area contributed by atoms with Gasteiger partial charge in [0.2, 0.25) is 5.88 Å². The van der Waals surface area contributed by atoms with Gasteiger partial charge in [-0.3, -0.25) is 4.98 Å². The molecular weight excluding hydrogens is 204 g/mol. The predicted octanol–water partition coefficient (Wildman–Crippen LogP) is 1.04. The number of nitrogens with one attached hydrogen (secondary N) is 2. The molecule has 88 valence electrons. The Balaban J connectivity index is 2.05. The molecule has 0 radical (unpaired) electrons. The van der Waals surface area contributed by atoms with Gasteiger partial charge >= 0.3 is 0 Å². The Bertz CT molecular complexity index is 350. The van der Waals surface area contributed by atoms with Gasteiger partial charge in [-0.1, -0.05) is 0 Å². The molecule has 0 aliphatic carbocycles. The van der Waals surface area contributed by atoms with E-state index in [0.717, 1.165) is 25.3 Å². The molecule has 2 heterocycles. The van der Waals surface area contributed by atoms with Crippen molar-refractivity contribution in [1.82, 2.24) is 15.3 Å². The van der Waals surface area contributed by atoms with Crippen molar-refractivity contribution in [3.63, 3.8) is 0 Å². The maximum atomic E-state index is 5.31. The quantitative estimate of drug-likeness (QED) is 0.797. The Morgan fingerprint density at radius 1 is 1.56 bits per heavy atom. The van der Waals surface area contributed by atoms with E-state index < -0.39 is 0 Å². The molecule has 16 heavy (non-hydrogen) atoms. The van der Waals surface area contributed by atoms with Crippen LogP contribution in [0.2, 0.25) is 0 Å². The number of hydrogen-bond donors (Lipinski definition) is 2. The van der Waals surface area contributed by atoms with Crippen molar-refractivity contribution in [2.45, 2.75) is 25.8 Å². The van der Waals surface area contributed by atoms with Crippen LogP contribution in [0.25, 0.3) is 0 Å². The molecule has 1 aliphatic heterocycles. The molecule has 0 amide bonds. The molecule has 0 saturated carbocycles. The summed E-state index contributed by atoms with van der Waals surface area (Å²) in [6.07, 6.45) is 4.45. The third kappa shape index (κ3) is 2.61. The SMILES string of the molecule is CCOc1cncc(NC2(C)CCNC2)n1. The maximum Gasteiger partial charge on any atom is 0.234 e. The first-order valence-electron chi connectivity index (χ1n) is 5.66. The van der Waals surface area contributed by atoms with Crippen molar-refractivity contribution in [2.75, 3.05) is 25.0 Å². The fraction of sp³-hybridized carbons (Fsp3) is 0.636. The first-order chi connectivity index (χ1) is 7.72. The highest BCUT2D eigenvalue weighted by Gasteiger charge is 2.28. The van der Waals surface area contributed by atoms with Gasteiger partial charge in [0.1, 0.15) is 5.82 Å². The zero-order valence-electron chi connectivity index (χ0n) is 9.79. The number of anilines is 1. The summed E-state index contributed by atoms with van der Waals surface area (Å²) in [6, 6.07) is 0. The number of ether oxygens (including phenoxy) is 1. The van der Waals surface area contributed by atoms with Crippen LogP contribution in [0, 0.1) is 0 Å². The Morgan fingerprint density at radius 3 is 3.12 bits per heavy atom. The number of nitrogens with zero attached hydrogens (tertiary/aromatic N) is 2.